The van der Waals surface area contributed by atoms with E-state index in [0.29, 0.717) is 16.1 Å². The summed E-state index contributed by atoms with van der Waals surface area (Å²) < 4.78 is 0. The van der Waals surface area contributed by atoms with E-state index < -0.39 is 0 Å². The first-order chi connectivity index (χ1) is 8.67. The molecule has 1 N–H and O–H groups in total. The predicted octanol–water partition coefficient (Wildman–Crippen LogP) is 3.50. The number of nitrogens with zero attached hydrogens (tertiary/aromatic N) is 1. The number of hydrogen-bond donors (Lipinski definition) is 1. The van der Waals surface area contributed by atoms with E-state index in [4.69, 9.17) is 29.6 Å². The Hall–Kier alpha value is -0.880. The maximum Gasteiger partial charge on any atom is 0.0598 e. The van der Waals surface area contributed by atoms with Crippen LogP contribution in [0.15, 0.2) is 18.2 Å². The molecule has 1 aliphatic rings. The molecule has 0 atom stereocenters. The van der Waals surface area contributed by atoms with Gasteiger partial charge in [0.1, 0.15) is 0 Å². The van der Waals surface area contributed by atoms with Crippen molar-refractivity contribution in [2.75, 3.05) is 25.0 Å². The van der Waals surface area contributed by atoms with E-state index in [9.17, 15) is 0 Å². The number of rotatable bonds is 3. The second kappa shape index (κ2) is 6.33. The predicted molar refractivity (Wildman–Crippen MR) is 78.4 cm³/mol. The zero-order valence-corrected chi connectivity index (χ0v) is 11.6. The molecule has 0 saturated carbocycles. The summed E-state index contributed by atoms with van der Waals surface area (Å²) in [6, 6.07) is 6.01. The molecule has 2 nitrogen and oxygen atoms in total. The minimum Gasteiger partial charge on any atom is -0.382 e. The van der Waals surface area contributed by atoms with Gasteiger partial charge in [0.25, 0.3) is 0 Å². The van der Waals surface area contributed by atoms with Gasteiger partial charge in [0, 0.05) is 34.9 Å². The van der Waals surface area contributed by atoms with E-state index in [1.807, 2.05) is 12.1 Å². The van der Waals surface area contributed by atoms with Crippen LogP contribution in [0.1, 0.15) is 12.8 Å². The smallest absolute Gasteiger partial charge is 0.0598 e. The third-order valence-corrected chi connectivity index (χ3v) is 3.57. The molecule has 0 amide bonds. The van der Waals surface area contributed by atoms with Gasteiger partial charge < -0.3 is 5.32 Å². The molecule has 0 aromatic heterocycles. The maximum atomic E-state index is 5.98. The fourth-order valence-corrected chi connectivity index (χ4v) is 2.76. The molecule has 4 heteroatoms. The Labute approximate surface area is 118 Å². The molecule has 2 rings (SSSR count). The number of piperidine rings is 1. The van der Waals surface area contributed by atoms with Crippen LogP contribution in [0, 0.1) is 12.3 Å². The Bertz CT molecular complexity index is 425. The van der Waals surface area contributed by atoms with Crippen molar-refractivity contribution >= 4 is 28.9 Å². The molecule has 0 aliphatic carbocycles. The van der Waals surface area contributed by atoms with E-state index >= 15 is 0 Å². The Balaban J connectivity index is 1.90. The van der Waals surface area contributed by atoms with Crippen molar-refractivity contribution in [2.45, 2.75) is 18.9 Å². The van der Waals surface area contributed by atoms with E-state index in [1.54, 1.807) is 6.07 Å². The van der Waals surface area contributed by atoms with Crippen molar-refractivity contribution in [1.29, 1.82) is 0 Å². The Morgan fingerprint density at radius 2 is 1.83 bits per heavy atom. The van der Waals surface area contributed by atoms with Gasteiger partial charge in [-0.05, 0) is 31.0 Å². The summed E-state index contributed by atoms with van der Waals surface area (Å²) in [5.74, 6) is 2.69. The fourth-order valence-electron chi connectivity index (χ4n) is 2.24. The lowest BCUT2D eigenvalue weighted by Crippen LogP contribution is -2.39. The second-order valence-corrected chi connectivity index (χ2v) is 5.43. The highest BCUT2D eigenvalue weighted by atomic mass is 35.5. The summed E-state index contributed by atoms with van der Waals surface area (Å²) in [5, 5.41) is 4.80. The molecule has 1 aliphatic heterocycles. The summed E-state index contributed by atoms with van der Waals surface area (Å²) in [7, 11) is 0. The van der Waals surface area contributed by atoms with Crippen LogP contribution in [-0.4, -0.2) is 30.6 Å². The van der Waals surface area contributed by atoms with E-state index in [1.165, 1.54) is 0 Å². The molecule has 18 heavy (non-hydrogen) atoms. The first-order valence-electron chi connectivity index (χ1n) is 6.06. The van der Waals surface area contributed by atoms with Crippen molar-refractivity contribution in [3.63, 3.8) is 0 Å². The van der Waals surface area contributed by atoms with E-state index in [2.05, 4.69) is 16.1 Å². The highest BCUT2D eigenvalue weighted by Crippen LogP contribution is 2.24. The van der Waals surface area contributed by atoms with Crippen LogP contribution in [0.25, 0.3) is 0 Å². The third kappa shape index (κ3) is 3.81. The van der Waals surface area contributed by atoms with Crippen LogP contribution < -0.4 is 5.32 Å². The summed E-state index contributed by atoms with van der Waals surface area (Å²) in [6.45, 7) is 2.82. The average molecular weight is 283 g/mol. The molecule has 1 saturated heterocycles. The summed E-state index contributed by atoms with van der Waals surface area (Å²) >= 11 is 12.0. The largest absolute Gasteiger partial charge is 0.382 e. The third-order valence-electron chi connectivity index (χ3n) is 3.14. The summed E-state index contributed by atoms with van der Waals surface area (Å²) in [4.78, 5) is 2.29. The Kier molecular flexibility index (Phi) is 4.77. The molecule has 0 unspecified atom stereocenters. The molecule has 1 aromatic carbocycles. The number of likely N-dealkylation sites (tertiary alicyclic amines) is 1. The SMILES string of the molecule is C#CCN1CCC(Nc2cc(Cl)cc(Cl)c2)CC1. The van der Waals surface area contributed by atoms with Gasteiger partial charge in [-0.15, -0.1) is 6.42 Å². The number of terminal acetylenes is 1. The van der Waals surface area contributed by atoms with Gasteiger partial charge in [0.15, 0.2) is 0 Å². The molecule has 96 valence electrons. The molecule has 0 spiro atoms. The quantitative estimate of drug-likeness (QED) is 0.854. The van der Waals surface area contributed by atoms with E-state index in [-0.39, 0.29) is 0 Å². The molecular weight excluding hydrogens is 267 g/mol. The molecule has 1 heterocycles. The van der Waals surface area contributed by atoms with Crippen LogP contribution in [0.3, 0.4) is 0 Å². The summed E-state index contributed by atoms with van der Waals surface area (Å²) in [6.07, 6.45) is 7.49. The van der Waals surface area contributed by atoms with Crippen molar-refractivity contribution in [3.05, 3.63) is 28.2 Å². The summed E-state index contributed by atoms with van der Waals surface area (Å²) in [5.41, 5.74) is 0.989. The van der Waals surface area contributed by atoms with Crippen molar-refractivity contribution in [1.82, 2.24) is 4.90 Å². The van der Waals surface area contributed by atoms with Crippen LogP contribution in [0.4, 0.5) is 5.69 Å². The average Bonchev–Trinajstić information content (AvgIpc) is 2.31. The normalized spacial score (nSPS) is 17.4. The lowest BCUT2D eigenvalue weighted by Gasteiger charge is -2.31. The van der Waals surface area contributed by atoms with Gasteiger partial charge in [-0.2, -0.15) is 0 Å². The maximum absolute atomic E-state index is 5.98. The number of benzene rings is 1. The van der Waals surface area contributed by atoms with Gasteiger partial charge in [-0.1, -0.05) is 29.1 Å². The van der Waals surface area contributed by atoms with Gasteiger partial charge in [-0.25, -0.2) is 0 Å². The van der Waals surface area contributed by atoms with Gasteiger partial charge >= 0.3 is 0 Å². The topological polar surface area (TPSA) is 15.3 Å². The first-order valence-corrected chi connectivity index (χ1v) is 6.81. The zero-order valence-electron chi connectivity index (χ0n) is 10.1. The molecular formula is C14H16Cl2N2. The van der Waals surface area contributed by atoms with Gasteiger partial charge in [0.2, 0.25) is 0 Å². The molecule has 1 fully saturated rings. The van der Waals surface area contributed by atoms with Crippen molar-refractivity contribution in [3.8, 4) is 12.3 Å². The van der Waals surface area contributed by atoms with E-state index in [0.717, 1.165) is 38.2 Å². The van der Waals surface area contributed by atoms with Crippen molar-refractivity contribution in [2.24, 2.45) is 0 Å². The minimum atomic E-state index is 0.466. The van der Waals surface area contributed by atoms with Crippen LogP contribution >= 0.6 is 23.2 Å². The first kappa shape index (κ1) is 13.5. The monoisotopic (exact) mass is 282 g/mol. The standard InChI is InChI=1S/C14H16Cl2N2/c1-2-5-18-6-3-13(4-7-18)17-14-9-11(15)8-12(16)10-14/h1,8-10,13,17H,3-7H2. The molecule has 1 aromatic rings. The Morgan fingerprint density at radius 1 is 1.22 bits per heavy atom. The second-order valence-electron chi connectivity index (χ2n) is 4.56. The van der Waals surface area contributed by atoms with Crippen LogP contribution in [-0.2, 0) is 0 Å². The van der Waals surface area contributed by atoms with Gasteiger partial charge in [0.05, 0.1) is 6.54 Å². The number of nitrogens with one attached hydrogen (secondary N) is 1. The molecule has 0 bridgehead atoms. The lowest BCUT2D eigenvalue weighted by molar-refractivity contribution is 0.243. The number of anilines is 1. The number of hydrogen-bond acceptors (Lipinski definition) is 2. The minimum absolute atomic E-state index is 0.466. The number of halogens is 2. The fraction of sp³-hybridized carbons (Fsp3) is 0.429. The van der Waals surface area contributed by atoms with Gasteiger partial charge in [-0.3, -0.25) is 4.90 Å². The molecule has 0 radical (unpaired) electrons. The van der Waals surface area contributed by atoms with Crippen LogP contribution in [0.2, 0.25) is 10.0 Å². The highest BCUT2D eigenvalue weighted by molar-refractivity contribution is 6.35. The van der Waals surface area contributed by atoms with Crippen molar-refractivity contribution < 1.29 is 0 Å². The Morgan fingerprint density at radius 3 is 2.39 bits per heavy atom. The lowest BCUT2D eigenvalue weighted by atomic mass is 10.0. The van der Waals surface area contributed by atoms with Crippen LogP contribution in [0.5, 0.6) is 0 Å². The highest BCUT2D eigenvalue weighted by Gasteiger charge is 2.18. The zero-order chi connectivity index (χ0) is 13.0.